The van der Waals surface area contributed by atoms with Crippen LogP contribution in [0.15, 0.2) is 22.7 Å². The highest BCUT2D eigenvalue weighted by Crippen LogP contribution is 2.22. The van der Waals surface area contributed by atoms with Gasteiger partial charge in [0.2, 0.25) is 0 Å². The zero-order valence-electron chi connectivity index (χ0n) is 9.69. The molecule has 17 heavy (non-hydrogen) atoms. The number of hydrogen-bond acceptors (Lipinski definition) is 3. The van der Waals surface area contributed by atoms with Crippen LogP contribution in [0.25, 0.3) is 0 Å². The fourth-order valence-corrected chi connectivity index (χ4v) is 1.96. The number of aliphatic carboxylic acids is 1. The highest BCUT2D eigenvalue weighted by Gasteiger charge is 2.06. The van der Waals surface area contributed by atoms with Crippen molar-refractivity contribution in [2.45, 2.75) is 19.4 Å². The van der Waals surface area contributed by atoms with Crippen LogP contribution in [0, 0.1) is 0 Å². The molecule has 0 fully saturated rings. The molecule has 0 aliphatic heterocycles. The van der Waals surface area contributed by atoms with Gasteiger partial charge in [-0.15, -0.1) is 0 Å². The fraction of sp³-hybridized carbons (Fsp3) is 0.417. The average Bonchev–Trinajstić information content (AvgIpc) is 2.23. The Morgan fingerprint density at radius 1 is 1.47 bits per heavy atom. The number of carboxylic acid groups (broad SMARTS) is 1. The first kappa shape index (κ1) is 14.0. The number of carboxylic acids is 1. The lowest BCUT2D eigenvalue weighted by Gasteiger charge is -2.17. The predicted octanol–water partition coefficient (Wildman–Crippen LogP) is 2.45. The van der Waals surface area contributed by atoms with Gasteiger partial charge in [0.15, 0.2) is 0 Å². The Labute approximate surface area is 109 Å². The van der Waals surface area contributed by atoms with Gasteiger partial charge >= 0.3 is 5.97 Å². The number of phenols is 1. The van der Waals surface area contributed by atoms with Crippen molar-refractivity contribution in [1.82, 2.24) is 4.90 Å². The van der Waals surface area contributed by atoms with Gasteiger partial charge in [0.25, 0.3) is 0 Å². The maximum atomic E-state index is 10.4. The van der Waals surface area contributed by atoms with Gasteiger partial charge in [0, 0.05) is 23.0 Å². The van der Waals surface area contributed by atoms with Crippen LogP contribution in [0.3, 0.4) is 0 Å². The summed E-state index contributed by atoms with van der Waals surface area (Å²) in [7, 11) is 1.90. The highest BCUT2D eigenvalue weighted by atomic mass is 79.9. The lowest BCUT2D eigenvalue weighted by atomic mass is 10.2. The van der Waals surface area contributed by atoms with Crippen molar-refractivity contribution in [3.63, 3.8) is 0 Å². The molecule has 1 aromatic carbocycles. The first-order valence-electron chi connectivity index (χ1n) is 5.37. The summed E-state index contributed by atoms with van der Waals surface area (Å²) in [5.74, 6) is -0.512. The van der Waals surface area contributed by atoms with Crippen LogP contribution in [0.5, 0.6) is 5.75 Å². The lowest BCUT2D eigenvalue weighted by Crippen LogP contribution is -2.19. The molecule has 5 heteroatoms. The van der Waals surface area contributed by atoms with E-state index in [0.717, 1.165) is 10.0 Å². The van der Waals surface area contributed by atoms with Crippen molar-refractivity contribution in [3.05, 3.63) is 28.2 Å². The summed E-state index contributed by atoms with van der Waals surface area (Å²) in [4.78, 5) is 12.4. The van der Waals surface area contributed by atoms with Gasteiger partial charge in [-0.1, -0.05) is 15.9 Å². The van der Waals surface area contributed by atoms with E-state index in [4.69, 9.17) is 5.11 Å². The molecule has 0 atom stereocenters. The molecule has 0 heterocycles. The Balaban J connectivity index is 2.47. The molecule has 0 unspecified atom stereocenters. The van der Waals surface area contributed by atoms with E-state index in [0.29, 0.717) is 19.5 Å². The molecule has 0 radical (unpaired) electrons. The number of carbonyl (C=O) groups is 1. The standard InChI is InChI=1S/C12H16BrNO3/c1-14(6-2-3-12(16)17)8-9-7-10(13)4-5-11(9)15/h4-5,7,15H,2-3,6,8H2,1H3,(H,16,17). The van der Waals surface area contributed by atoms with Gasteiger partial charge in [-0.05, 0) is 38.2 Å². The molecule has 0 aliphatic rings. The first-order valence-corrected chi connectivity index (χ1v) is 6.16. The normalized spacial score (nSPS) is 10.8. The van der Waals surface area contributed by atoms with E-state index >= 15 is 0 Å². The minimum Gasteiger partial charge on any atom is -0.508 e. The summed E-state index contributed by atoms with van der Waals surface area (Å²) < 4.78 is 0.921. The summed E-state index contributed by atoms with van der Waals surface area (Å²) >= 11 is 3.35. The summed E-state index contributed by atoms with van der Waals surface area (Å²) in [6.07, 6.45) is 0.787. The van der Waals surface area contributed by atoms with E-state index in [1.54, 1.807) is 12.1 Å². The van der Waals surface area contributed by atoms with Crippen LogP contribution >= 0.6 is 15.9 Å². The minimum atomic E-state index is -0.774. The van der Waals surface area contributed by atoms with Gasteiger partial charge in [0.05, 0.1) is 0 Å². The number of aromatic hydroxyl groups is 1. The molecule has 0 saturated heterocycles. The molecule has 94 valence electrons. The molecule has 0 aromatic heterocycles. The van der Waals surface area contributed by atoms with E-state index in [2.05, 4.69) is 15.9 Å². The minimum absolute atomic E-state index is 0.175. The first-order chi connectivity index (χ1) is 7.99. The van der Waals surface area contributed by atoms with E-state index in [1.807, 2.05) is 18.0 Å². The predicted molar refractivity (Wildman–Crippen MR) is 69.0 cm³/mol. The van der Waals surface area contributed by atoms with E-state index in [9.17, 15) is 9.90 Å². The molecule has 0 aliphatic carbocycles. The molecule has 0 spiro atoms. The molecular weight excluding hydrogens is 286 g/mol. The number of phenolic OH excluding ortho intramolecular Hbond substituents is 1. The molecule has 2 N–H and O–H groups in total. The number of hydrogen-bond donors (Lipinski definition) is 2. The Hall–Kier alpha value is -1.07. The van der Waals surface area contributed by atoms with Gasteiger partial charge in [-0.2, -0.15) is 0 Å². The molecule has 0 amide bonds. The third-order valence-corrected chi connectivity index (χ3v) is 2.91. The van der Waals surface area contributed by atoms with E-state index in [1.165, 1.54) is 0 Å². The largest absolute Gasteiger partial charge is 0.508 e. The van der Waals surface area contributed by atoms with Crippen molar-refractivity contribution in [3.8, 4) is 5.75 Å². The number of rotatable bonds is 6. The van der Waals surface area contributed by atoms with Crippen molar-refractivity contribution < 1.29 is 15.0 Å². The third-order valence-electron chi connectivity index (χ3n) is 2.41. The topological polar surface area (TPSA) is 60.8 Å². The molecule has 0 saturated carbocycles. The van der Waals surface area contributed by atoms with Crippen molar-refractivity contribution in [1.29, 1.82) is 0 Å². The second-order valence-corrected chi connectivity index (χ2v) is 4.92. The Morgan fingerprint density at radius 3 is 2.82 bits per heavy atom. The molecule has 1 rings (SSSR count). The van der Waals surface area contributed by atoms with Crippen LogP contribution < -0.4 is 0 Å². The molecule has 1 aromatic rings. The maximum absolute atomic E-state index is 10.4. The monoisotopic (exact) mass is 301 g/mol. The van der Waals surface area contributed by atoms with E-state index < -0.39 is 5.97 Å². The Bertz CT molecular complexity index is 395. The summed E-state index contributed by atoms with van der Waals surface area (Å²) in [5.41, 5.74) is 0.831. The second-order valence-electron chi connectivity index (χ2n) is 4.01. The van der Waals surface area contributed by atoms with Gasteiger partial charge in [-0.25, -0.2) is 0 Å². The van der Waals surface area contributed by atoms with Crippen molar-refractivity contribution in [2.24, 2.45) is 0 Å². The maximum Gasteiger partial charge on any atom is 0.303 e. The zero-order valence-corrected chi connectivity index (χ0v) is 11.3. The third kappa shape index (κ3) is 5.19. The Kier molecular flexibility index (Phi) is 5.44. The highest BCUT2D eigenvalue weighted by molar-refractivity contribution is 9.10. The zero-order chi connectivity index (χ0) is 12.8. The van der Waals surface area contributed by atoms with Crippen LogP contribution in [0.1, 0.15) is 18.4 Å². The summed E-state index contributed by atoms with van der Waals surface area (Å²) in [5, 5.41) is 18.2. The number of nitrogens with zero attached hydrogens (tertiary/aromatic N) is 1. The van der Waals surface area contributed by atoms with Crippen LogP contribution in [0.2, 0.25) is 0 Å². The van der Waals surface area contributed by atoms with Gasteiger partial charge in [0.1, 0.15) is 5.75 Å². The SMILES string of the molecule is CN(CCCC(=O)O)Cc1cc(Br)ccc1O. The van der Waals surface area contributed by atoms with Gasteiger partial charge in [-0.3, -0.25) is 4.79 Å². The fourth-order valence-electron chi connectivity index (χ4n) is 1.55. The van der Waals surface area contributed by atoms with Crippen LogP contribution in [-0.2, 0) is 11.3 Å². The van der Waals surface area contributed by atoms with Gasteiger partial charge < -0.3 is 15.1 Å². The molecular formula is C12H16BrNO3. The molecule has 0 bridgehead atoms. The number of halogens is 1. The van der Waals surface area contributed by atoms with Crippen molar-refractivity contribution >= 4 is 21.9 Å². The summed E-state index contributed by atoms with van der Waals surface area (Å²) in [6, 6.07) is 5.29. The summed E-state index contributed by atoms with van der Waals surface area (Å²) in [6.45, 7) is 1.29. The van der Waals surface area contributed by atoms with Crippen molar-refractivity contribution in [2.75, 3.05) is 13.6 Å². The smallest absolute Gasteiger partial charge is 0.303 e. The average molecular weight is 302 g/mol. The lowest BCUT2D eigenvalue weighted by molar-refractivity contribution is -0.137. The Morgan fingerprint density at radius 2 is 2.18 bits per heavy atom. The second kappa shape index (κ2) is 6.61. The quantitative estimate of drug-likeness (QED) is 0.847. The van der Waals surface area contributed by atoms with Crippen LogP contribution in [-0.4, -0.2) is 34.7 Å². The number of benzene rings is 1. The van der Waals surface area contributed by atoms with E-state index in [-0.39, 0.29) is 12.2 Å². The van der Waals surface area contributed by atoms with Crippen LogP contribution in [0.4, 0.5) is 0 Å². The molecule has 4 nitrogen and oxygen atoms in total.